The summed E-state index contributed by atoms with van der Waals surface area (Å²) >= 11 is 0. The van der Waals surface area contributed by atoms with E-state index in [1.807, 2.05) is 0 Å². The molecule has 1 rings (SSSR count). The van der Waals surface area contributed by atoms with Gasteiger partial charge in [0.1, 0.15) is 0 Å². The van der Waals surface area contributed by atoms with Crippen LogP contribution < -0.4 is 0 Å². The van der Waals surface area contributed by atoms with Crippen LogP contribution in [0.2, 0.25) is 0 Å². The highest BCUT2D eigenvalue weighted by Crippen LogP contribution is 2.24. The van der Waals surface area contributed by atoms with Gasteiger partial charge in [0.25, 0.3) is 0 Å². The summed E-state index contributed by atoms with van der Waals surface area (Å²) in [5, 5.41) is 0. The maximum Gasteiger partial charge on any atom is 0.0720 e. The molecule has 2 atom stereocenters. The van der Waals surface area contributed by atoms with Crippen LogP contribution >= 0.6 is 0 Å². The Hall–Kier alpha value is -0.0800. The molecule has 1 aliphatic heterocycles. The van der Waals surface area contributed by atoms with Crippen molar-refractivity contribution in [1.29, 1.82) is 0 Å². The molecule has 2 unspecified atom stereocenters. The Morgan fingerprint density at radius 3 is 2.43 bits per heavy atom. The molecule has 1 saturated heterocycles. The molecule has 2 heteroatoms. The largest absolute Gasteiger partial charge is 0.374 e. The van der Waals surface area contributed by atoms with E-state index < -0.39 is 0 Å². The van der Waals surface area contributed by atoms with Gasteiger partial charge in [0.2, 0.25) is 0 Å². The van der Waals surface area contributed by atoms with E-state index in [0.29, 0.717) is 12.2 Å². The van der Waals surface area contributed by atoms with E-state index in [-0.39, 0.29) is 0 Å². The van der Waals surface area contributed by atoms with Crippen LogP contribution in [0.1, 0.15) is 40.5 Å². The van der Waals surface area contributed by atoms with Gasteiger partial charge in [-0.3, -0.25) is 0 Å². The minimum absolute atomic E-state index is 0.367. The lowest BCUT2D eigenvalue weighted by atomic mass is 10.0. The number of likely N-dealkylation sites (tertiary alicyclic amines) is 1. The third-order valence-corrected chi connectivity index (χ3v) is 2.86. The smallest absolute Gasteiger partial charge is 0.0720 e. The van der Waals surface area contributed by atoms with Gasteiger partial charge in [-0.05, 0) is 39.7 Å². The highest BCUT2D eigenvalue weighted by Gasteiger charge is 2.30. The quantitative estimate of drug-likeness (QED) is 0.690. The first-order chi connectivity index (χ1) is 6.49. The number of hydrogen-bond donors (Lipinski definition) is 0. The lowest BCUT2D eigenvalue weighted by Crippen LogP contribution is -2.26. The van der Waals surface area contributed by atoms with Gasteiger partial charge in [-0.25, -0.2) is 0 Å². The average molecular weight is 199 g/mol. The predicted molar refractivity (Wildman–Crippen MR) is 60.5 cm³/mol. The molecule has 0 bridgehead atoms. The maximum atomic E-state index is 5.85. The molecule has 1 fully saturated rings. The first kappa shape index (κ1) is 12.0. The van der Waals surface area contributed by atoms with Crippen LogP contribution in [0.15, 0.2) is 0 Å². The van der Waals surface area contributed by atoms with E-state index in [1.165, 1.54) is 12.8 Å². The third kappa shape index (κ3) is 3.58. The molecular formula is C12H25NO. The van der Waals surface area contributed by atoms with E-state index in [4.69, 9.17) is 4.74 Å². The molecule has 84 valence electrons. The van der Waals surface area contributed by atoms with Crippen molar-refractivity contribution in [2.45, 2.75) is 58.8 Å². The van der Waals surface area contributed by atoms with Crippen molar-refractivity contribution in [2.75, 3.05) is 13.6 Å². The summed E-state index contributed by atoms with van der Waals surface area (Å²) in [6.07, 6.45) is 3.34. The van der Waals surface area contributed by atoms with Gasteiger partial charge in [-0.2, -0.15) is 0 Å². The molecule has 0 aromatic carbocycles. The Morgan fingerprint density at radius 2 is 1.93 bits per heavy atom. The second-order valence-electron chi connectivity index (χ2n) is 5.27. The van der Waals surface area contributed by atoms with Crippen molar-refractivity contribution < 1.29 is 4.74 Å². The minimum atomic E-state index is 0.367. The van der Waals surface area contributed by atoms with Gasteiger partial charge >= 0.3 is 0 Å². The lowest BCUT2D eigenvalue weighted by Gasteiger charge is -2.20. The lowest BCUT2D eigenvalue weighted by molar-refractivity contribution is 0.0150. The van der Waals surface area contributed by atoms with Crippen molar-refractivity contribution in [3.8, 4) is 0 Å². The predicted octanol–water partition coefficient (Wildman–Crippen LogP) is 2.53. The van der Waals surface area contributed by atoms with Gasteiger partial charge in [0, 0.05) is 12.6 Å². The zero-order valence-electron chi connectivity index (χ0n) is 10.3. The standard InChI is InChI=1S/C12H25NO/c1-9(2)6-11-7-12(8-13(11)5)14-10(3)4/h9-12H,6-8H2,1-5H3. The van der Waals surface area contributed by atoms with Crippen LogP contribution in [0.4, 0.5) is 0 Å². The molecule has 0 spiro atoms. The molecule has 0 aromatic rings. The van der Waals surface area contributed by atoms with E-state index >= 15 is 0 Å². The molecule has 2 nitrogen and oxygen atoms in total. The summed E-state index contributed by atoms with van der Waals surface area (Å²) in [5.41, 5.74) is 0. The molecule has 0 aromatic heterocycles. The molecule has 0 saturated carbocycles. The summed E-state index contributed by atoms with van der Waals surface area (Å²) in [5.74, 6) is 0.792. The molecule has 1 heterocycles. The third-order valence-electron chi connectivity index (χ3n) is 2.86. The van der Waals surface area contributed by atoms with Crippen LogP contribution in [0.25, 0.3) is 0 Å². The van der Waals surface area contributed by atoms with Crippen molar-refractivity contribution in [3.63, 3.8) is 0 Å². The zero-order chi connectivity index (χ0) is 10.7. The Morgan fingerprint density at radius 1 is 1.29 bits per heavy atom. The van der Waals surface area contributed by atoms with Gasteiger partial charge in [-0.1, -0.05) is 13.8 Å². The second kappa shape index (κ2) is 5.13. The molecule has 1 aliphatic rings. The molecule has 0 amide bonds. The van der Waals surface area contributed by atoms with Crippen LogP contribution in [0, 0.1) is 5.92 Å². The van der Waals surface area contributed by atoms with E-state index in [9.17, 15) is 0 Å². The van der Waals surface area contributed by atoms with Gasteiger partial charge < -0.3 is 9.64 Å². The molecular weight excluding hydrogens is 174 g/mol. The SMILES string of the molecule is CC(C)CC1CC(OC(C)C)CN1C. The minimum Gasteiger partial charge on any atom is -0.374 e. The Bertz CT molecular complexity index is 168. The first-order valence-corrected chi connectivity index (χ1v) is 5.84. The van der Waals surface area contributed by atoms with E-state index in [0.717, 1.165) is 18.5 Å². The summed E-state index contributed by atoms with van der Waals surface area (Å²) in [6.45, 7) is 9.94. The fourth-order valence-electron chi connectivity index (χ4n) is 2.33. The fraction of sp³-hybridized carbons (Fsp3) is 1.00. The molecule has 14 heavy (non-hydrogen) atoms. The van der Waals surface area contributed by atoms with Gasteiger partial charge in [-0.15, -0.1) is 0 Å². The number of hydrogen-bond acceptors (Lipinski definition) is 2. The number of likely N-dealkylation sites (N-methyl/N-ethyl adjacent to an activating group) is 1. The first-order valence-electron chi connectivity index (χ1n) is 5.84. The number of rotatable bonds is 4. The van der Waals surface area contributed by atoms with Crippen LogP contribution in [0.3, 0.4) is 0 Å². The molecule has 0 radical (unpaired) electrons. The van der Waals surface area contributed by atoms with Gasteiger partial charge in [0.15, 0.2) is 0 Å². The maximum absolute atomic E-state index is 5.85. The Kier molecular flexibility index (Phi) is 4.39. The fourth-order valence-corrected chi connectivity index (χ4v) is 2.33. The highest BCUT2D eigenvalue weighted by molar-refractivity contribution is 4.84. The normalized spacial score (nSPS) is 29.4. The van der Waals surface area contributed by atoms with E-state index in [1.54, 1.807) is 0 Å². The Labute approximate surface area is 88.6 Å². The summed E-state index contributed by atoms with van der Waals surface area (Å²) < 4.78 is 5.85. The van der Waals surface area contributed by atoms with Crippen molar-refractivity contribution in [2.24, 2.45) is 5.92 Å². The van der Waals surface area contributed by atoms with Crippen LogP contribution in [-0.4, -0.2) is 36.7 Å². The summed E-state index contributed by atoms with van der Waals surface area (Å²) in [4.78, 5) is 2.45. The average Bonchev–Trinajstić information content (AvgIpc) is 2.28. The van der Waals surface area contributed by atoms with Crippen molar-refractivity contribution >= 4 is 0 Å². The van der Waals surface area contributed by atoms with Crippen molar-refractivity contribution in [1.82, 2.24) is 4.90 Å². The summed E-state index contributed by atoms with van der Waals surface area (Å²) in [6, 6.07) is 0.735. The van der Waals surface area contributed by atoms with Crippen LogP contribution in [0.5, 0.6) is 0 Å². The zero-order valence-corrected chi connectivity index (χ0v) is 10.3. The van der Waals surface area contributed by atoms with Crippen molar-refractivity contribution in [3.05, 3.63) is 0 Å². The van der Waals surface area contributed by atoms with E-state index in [2.05, 4.69) is 39.6 Å². The second-order valence-corrected chi connectivity index (χ2v) is 5.27. The van der Waals surface area contributed by atoms with Gasteiger partial charge in [0.05, 0.1) is 12.2 Å². The Balaban J connectivity index is 2.35. The molecule has 0 aliphatic carbocycles. The highest BCUT2D eigenvalue weighted by atomic mass is 16.5. The topological polar surface area (TPSA) is 12.5 Å². The monoisotopic (exact) mass is 199 g/mol. The number of nitrogens with zero attached hydrogens (tertiary/aromatic N) is 1. The molecule has 0 N–H and O–H groups in total. The summed E-state index contributed by atoms with van der Waals surface area (Å²) in [7, 11) is 2.22. The number of ether oxygens (including phenoxy) is 1. The van der Waals surface area contributed by atoms with Crippen LogP contribution in [-0.2, 0) is 4.74 Å².